The van der Waals surface area contributed by atoms with Crippen molar-refractivity contribution in [3.8, 4) is 0 Å². The van der Waals surface area contributed by atoms with Crippen LogP contribution < -0.4 is 10.2 Å². The zero-order valence-corrected chi connectivity index (χ0v) is 16.6. The lowest BCUT2D eigenvalue weighted by molar-refractivity contribution is -0.131. The summed E-state index contributed by atoms with van der Waals surface area (Å²) in [5.41, 5.74) is 0. The molecule has 1 N–H and O–H groups in total. The molecule has 0 aliphatic carbocycles. The van der Waals surface area contributed by atoms with Gasteiger partial charge in [-0.25, -0.2) is 9.97 Å². The van der Waals surface area contributed by atoms with E-state index in [4.69, 9.17) is 0 Å². The first-order valence-electron chi connectivity index (χ1n) is 9.92. The Labute approximate surface area is 161 Å². The maximum Gasteiger partial charge on any atom is 0.222 e. The van der Waals surface area contributed by atoms with Crippen LogP contribution in [0.4, 0.5) is 11.6 Å². The molecule has 2 aliphatic heterocycles. The maximum atomic E-state index is 12.4. The van der Waals surface area contributed by atoms with E-state index in [9.17, 15) is 4.79 Å². The van der Waals surface area contributed by atoms with Crippen molar-refractivity contribution in [3.63, 3.8) is 0 Å². The van der Waals surface area contributed by atoms with Gasteiger partial charge in [0.2, 0.25) is 5.91 Å². The van der Waals surface area contributed by atoms with E-state index in [1.807, 2.05) is 16.7 Å². The first-order chi connectivity index (χ1) is 12.8. The van der Waals surface area contributed by atoms with E-state index in [1.54, 1.807) is 6.33 Å². The molecule has 0 bridgehead atoms. The molecule has 1 aromatic rings. The zero-order valence-electron chi connectivity index (χ0n) is 15.8. The molecular formula is C19H31N5OS. The first-order valence-corrected chi connectivity index (χ1v) is 11.1. The molecule has 144 valence electrons. The Balaban J connectivity index is 1.50. The van der Waals surface area contributed by atoms with Gasteiger partial charge in [0, 0.05) is 56.7 Å². The lowest BCUT2D eigenvalue weighted by Crippen LogP contribution is -2.39. The van der Waals surface area contributed by atoms with Crippen molar-refractivity contribution in [2.24, 2.45) is 5.92 Å². The van der Waals surface area contributed by atoms with Gasteiger partial charge in [0.15, 0.2) is 0 Å². The summed E-state index contributed by atoms with van der Waals surface area (Å²) >= 11 is 1.95. The average molecular weight is 378 g/mol. The molecule has 1 aromatic heterocycles. The molecule has 3 heterocycles. The number of thioether (sulfide) groups is 1. The molecule has 0 radical (unpaired) electrons. The number of nitrogens with one attached hydrogen (secondary N) is 1. The number of aromatic nitrogens is 2. The predicted molar refractivity (Wildman–Crippen MR) is 109 cm³/mol. The van der Waals surface area contributed by atoms with E-state index < -0.39 is 0 Å². The van der Waals surface area contributed by atoms with Crippen LogP contribution in [0.5, 0.6) is 0 Å². The Morgan fingerprint density at radius 2 is 2.15 bits per heavy atom. The predicted octanol–water partition coefficient (Wildman–Crippen LogP) is 2.87. The highest BCUT2D eigenvalue weighted by atomic mass is 32.2. The topological polar surface area (TPSA) is 61.4 Å². The number of anilines is 2. The van der Waals surface area contributed by atoms with Gasteiger partial charge in [0.05, 0.1) is 0 Å². The van der Waals surface area contributed by atoms with E-state index in [0.717, 1.165) is 68.7 Å². The van der Waals surface area contributed by atoms with Crippen molar-refractivity contribution < 1.29 is 4.79 Å². The lowest BCUT2D eigenvalue weighted by Gasteiger charge is -2.34. The Morgan fingerprint density at radius 3 is 2.96 bits per heavy atom. The molecule has 0 saturated carbocycles. The third kappa shape index (κ3) is 5.50. The van der Waals surface area contributed by atoms with Gasteiger partial charge in [-0.05, 0) is 31.6 Å². The largest absolute Gasteiger partial charge is 0.370 e. The minimum atomic E-state index is 0.343. The molecule has 6 nitrogen and oxygen atoms in total. The van der Waals surface area contributed by atoms with E-state index in [1.165, 1.54) is 12.8 Å². The van der Waals surface area contributed by atoms with Crippen LogP contribution in [0.1, 0.15) is 39.0 Å². The van der Waals surface area contributed by atoms with Crippen molar-refractivity contribution in [2.45, 2.75) is 39.0 Å². The van der Waals surface area contributed by atoms with Gasteiger partial charge in [0.25, 0.3) is 0 Å². The highest BCUT2D eigenvalue weighted by Crippen LogP contribution is 2.26. The number of carbonyl (C=O) groups excluding carboxylic acids is 1. The van der Waals surface area contributed by atoms with Crippen molar-refractivity contribution in [2.75, 3.05) is 54.4 Å². The fourth-order valence-corrected chi connectivity index (χ4v) is 4.58. The summed E-state index contributed by atoms with van der Waals surface area (Å²) in [5.74, 6) is 5.00. The molecule has 0 aromatic carbocycles. The van der Waals surface area contributed by atoms with Crippen LogP contribution in [0.25, 0.3) is 0 Å². The number of piperidine rings is 1. The SMILES string of the molecule is CCCNc1cc(N2CCCC(CCC(=O)N3CCSCC3)C2)ncn1. The molecule has 0 spiro atoms. The average Bonchev–Trinajstić information content (AvgIpc) is 2.71. The molecule has 7 heteroatoms. The number of amides is 1. The van der Waals surface area contributed by atoms with Crippen LogP contribution in [-0.4, -0.2) is 65.0 Å². The van der Waals surface area contributed by atoms with Gasteiger partial charge in [-0.3, -0.25) is 4.79 Å². The highest BCUT2D eigenvalue weighted by Gasteiger charge is 2.23. The second-order valence-electron chi connectivity index (χ2n) is 7.17. The number of nitrogens with zero attached hydrogens (tertiary/aromatic N) is 4. The second-order valence-corrected chi connectivity index (χ2v) is 8.40. The second kappa shape index (κ2) is 10.00. The number of hydrogen-bond acceptors (Lipinski definition) is 6. The third-order valence-electron chi connectivity index (χ3n) is 5.18. The third-order valence-corrected chi connectivity index (χ3v) is 6.12. The molecule has 2 fully saturated rings. The van der Waals surface area contributed by atoms with Gasteiger partial charge < -0.3 is 15.1 Å². The first kappa shape index (κ1) is 19.3. The van der Waals surface area contributed by atoms with E-state index in [2.05, 4.69) is 33.2 Å². The number of hydrogen-bond donors (Lipinski definition) is 1. The molecule has 1 atom stereocenters. The van der Waals surface area contributed by atoms with E-state index >= 15 is 0 Å². The minimum Gasteiger partial charge on any atom is -0.370 e. The van der Waals surface area contributed by atoms with Gasteiger partial charge in [-0.2, -0.15) is 11.8 Å². The fourth-order valence-electron chi connectivity index (χ4n) is 3.68. The van der Waals surface area contributed by atoms with E-state index in [-0.39, 0.29) is 0 Å². The van der Waals surface area contributed by atoms with Crippen LogP contribution in [-0.2, 0) is 4.79 Å². The summed E-state index contributed by atoms with van der Waals surface area (Å²) < 4.78 is 0. The van der Waals surface area contributed by atoms with Crippen molar-refractivity contribution >= 4 is 29.3 Å². The van der Waals surface area contributed by atoms with Crippen LogP contribution in [0.2, 0.25) is 0 Å². The molecule has 2 saturated heterocycles. The lowest BCUT2D eigenvalue weighted by atomic mass is 9.93. The van der Waals surface area contributed by atoms with Crippen molar-refractivity contribution in [3.05, 3.63) is 12.4 Å². The quantitative estimate of drug-likeness (QED) is 0.788. The van der Waals surface area contributed by atoms with Crippen LogP contribution >= 0.6 is 11.8 Å². The molecular weight excluding hydrogens is 346 g/mol. The van der Waals surface area contributed by atoms with Gasteiger partial charge in [-0.1, -0.05) is 6.92 Å². The van der Waals surface area contributed by atoms with Crippen molar-refractivity contribution in [1.82, 2.24) is 14.9 Å². The summed E-state index contributed by atoms with van der Waals surface area (Å²) in [7, 11) is 0. The van der Waals surface area contributed by atoms with Gasteiger partial charge >= 0.3 is 0 Å². The molecule has 1 unspecified atom stereocenters. The zero-order chi connectivity index (χ0) is 18.2. The number of carbonyl (C=O) groups is 1. The fraction of sp³-hybridized carbons (Fsp3) is 0.737. The van der Waals surface area contributed by atoms with Gasteiger partial charge in [0.1, 0.15) is 18.0 Å². The summed E-state index contributed by atoms with van der Waals surface area (Å²) in [6.07, 6.45) is 6.79. The molecule has 26 heavy (non-hydrogen) atoms. The summed E-state index contributed by atoms with van der Waals surface area (Å²) in [5, 5.41) is 3.33. The Morgan fingerprint density at radius 1 is 1.31 bits per heavy atom. The molecule has 2 aliphatic rings. The Kier molecular flexibility index (Phi) is 7.41. The summed E-state index contributed by atoms with van der Waals surface area (Å²) in [6.45, 7) is 6.96. The van der Waals surface area contributed by atoms with Crippen LogP contribution in [0.15, 0.2) is 12.4 Å². The van der Waals surface area contributed by atoms with Gasteiger partial charge in [-0.15, -0.1) is 0 Å². The highest BCUT2D eigenvalue weighted by molar-refractivity contribution is 7.99. The Bertz CT molecular complexity index is 579. The van der Waals surface area contributed by atoms with Crippen LogP contribution in [0, 0.1) is 5.92 Å². The normalized spacial score (nSPS) is 20.9. The van der Waals surface area contributed by atoms with Crippen molar-refractivity contribution in [1.29, 1.82) is 0 Å². The maximum absolute atomic E-state index is 12.4. The summed E-state index contributed by atoms with van der Waals surface area (Å²) in [4.78, 5) is 25.6. The smallest absolute Gasteiger partial charge is 0.222 e. The number of rotatable bonds is 7. The standard InChI is InChI=1S/C19H31N5OS/c1-2-7-20-17-13-18(22-15-21-17)24-8-3-4-16(14-24)5-6-19(25)23-9-11-26-12-10-23/h13,15-16H,2-12,14H2,1H3,(H,20,21,22). The summed E-state index contributed by atoms with van der Waals surface area (Å²) in [6, 6.07) is 2.05. The molecule has 1 amide bonds. The van der Waals surface area contributed by atoms with Crippen LogP contribution in [0.3, 0.4) is 0 Å². The monoisotopic (exact) mass is 377 g/mol. The Hall–Kier alpha value is -1.50. The molecule has 3 rings (SSSR count). The van der Waals surface area contributed by atoms with E-state index in [0.29, 0.717) is 18.2 Å². The minimum absolute atomic E-state index is 0.343.